The second-order valence-corrected chi connectivity index (χ2v) is 5.75. The van der Waals surface area contributed by atoms with Crippen LogP contribution in [0.5, 0.6) is 11.5 Å². The van der Waals surface area contributed by atoms with E-state index in [-0.39, 0.29) is 12.7 Å². The monoisotopic (exact) mass is 295 g/mol. The number of carbonyl (C=O) groups excluding carboxylic acids is 1. The molecule has 0 bridgehead atoms. The minimum atomic E-state index is -0.0168. The molecule has 1 aliphatic carbocycles. The summed E-state index contributed by atoms with van der Waals surface area (Å²) >= 11 is 0. The summed E-state index contributed by atoms with van der Waals surface area (Å²) < 4.78 is 10.6. The molecule has 2 aromatic carbocycles. The fourth-order valence-corrected chi connectivity index (χ4v) is 3.10. The summed E-state index contributed by atoms with van der Waals surface area (Å²) in [5.41, 5.74) is 4.63. The normalized spacial score (nSPS) is 14.7. The van der Waals surface area contributed by atoms with Gasteiger partial charge >= 0.3 is 0 Å². The lowest BCUT2D eigenvalue weighted by Gasteiger charge is -2.07. The minimum absolute atomic E-state index is 0.0168. The van der Waals surface area contributed by atoms with Gasteiger partial charge < -0.3 is 14.8 Å². The lowest BCUT2D eigenvalue weighted by Crippen LogP contribution is -2.14. The molecular weight excluding hydrogens is 278 g/mol. The summed E-state index contributed by atoms with van der Waals surface area (Å²) in [4.78, 5) is 12.2. The number of hydrogen-bond donors (Lipinski definition) is 1. The summed E-state index contributed by atoms with van der Waals surface area (Å²) in [6.07, 6.45) is 3.91. The van der Waals surface area contributed by atoms with Crippen LogP contribution in [0.1, 0.15) is 23.1 Å². The molecule has 1 aliphatic heterocycles. The summed E-state index contributed by atoms with van der Waals surface area (Å²) in [5, 5.41) is 2.91. The highest BCUT2D eigenvalue weighted by Crippen LogP contribution is 2.34. The van der Waals surface area contributed by atoms with E-state index in [1.807, 2.05) is 12.1 Å². The van der Waals surface area contributed by atoms with Gasteiger partial charge in [0.05, 0.1) is 6.42 Å². The predicted octanol–water partition coefficient (Wildman–Crippen LogP) is 3.09. The van der Waals surface area contributed by atoms with Crippen LogP contribution in [0, 0.1) is 0 Å². The molecule has 0 aromatic heterocycles. The molecule has 0 fully saturated rings. The maximum absolute atomic E-state index is 12.2. The van der Waals surface area contributed by atoms with E-state index >= 15 is 0 Å². The maximum Gasteiger partial charge on any atom is 0.231 e. The average Bonchev–Trinajstić information content (AvgIpc) is 3.14. The van der Waals surface area contributed by atoms with Crippen LogP contribution in [-0.4, -0.2) is 12.7 Å². The first kappa shape index (κ1) is 13.2. The topological polar surface area (TPSA) is 47.6 Å². The quantitative estimate of drug-likeness (QED) is 0.946. The fraction of sp³-hybridized carbons (Fsp3) is 0.278. The lowest BCUT2D eigenvalue weighted by molar-refractivity contribution is -0.115. The zero-order valence-corrected chi connectivity index (χ0v) is 12.2. The number of nitrogens with one attached hydrogen (secondary N) is 1. The molecule has 0 unspecified atom stereocenters. The van der Waals surface area contributed by atoms with Gasteiger partial charge in [-0.05, 0) is 48.1 Å². The Bertz CT molecular complexity index is 678. The molecule has 4 rings (SSSR count). The van der Waals surface area contributed by atoms with Gasteiger partial charge in [-0.25, -0.2) is 0 Å². The second kappa shape index (κ2) is 5.37. The first-order valence-electron chi connectivity index (χ1n) is 7.58. The highest BCUT2D eigenvalue weighted by molar-refractivity contribution is 5.92. The average molecular weight is 295 g/mol. The van der Waals surface area contributed by atoms with Crippen LogP contribution in [0.15, 0.2) is 36.4 Å². The summed E-state index contributed by atoms with van der Waals surface area (Å²) in [5.74, 6) is 1.38. The Morgan fingerprint density at radius 3 is 2.82 bits per heavy atom. The number of amides is 1. The highest BCUT2D eigenvalue weighted by Gasteiger charge is 2.15. The molecule has 1 heterocycles. The molecule has 0 spiro atoms. The van der Waals surface area contributed by atoms with Gasteiger partial charge in [-0.2, -0.15) is 0 Å². The largest absolute Gasteiger partial charge is 0.454 e. The van der Waals surface area contributed by atoms with Crippen molar-refractivity contribution in [3.63, 3.8) is 0 Å². The van der Waals surface area contributed by atoms with E-state index in [1.165, 1.54) is 24.0 Å². The van der Waals surface area contributed by atoms with Crippen molar-refractivity contribution in [1.82, 2.24) is 0 Å². The molecule has 2 aromatic rings. The van der Waals surface area contributed by atoms with Crippen LogP contribution in [-0.2, 0) is 24.1 Å². The third kappa shape index (κ3) is 2.52. The number of rotatable bonds is 3. The number of benzene rings is 2. The maximum atomic E-state index is 12.2. The van der Waals surface area contributed by atoms with E-state index < -0.39 is 0 Å². The Balaban J connectivity index is 1.44. The Hall–Kier alpha value is -2.49. The zero-order chi connectivity index (χ0) is 14.9. The molecule has 4 nitrogen and oxygen atoms in total. The van der Waals surface area contributed by atoms with E-state index in [0.717, 1.165) is 23.4 Å². The smallest absolute Gasteiger partial charge is 0.231 e. The van der Waals surface area contributed by atoms with Crippen LogP contribution in [0.25, 0.3) is 0 Å². The van der Waals surface area contributed by atoms with Crippen LogP contribution >= 0.6 is 0 Å². The number of hydrogen-bond acceptors (Lipinski definition) is 3. The standard InChI is InChI=1S/C18H17NO3/c20-18(9-12-4-5-13-2-1-3-14(13)8-12)19-15-6-7-16-17(10-15)22-11-21-16/h4-8,10H,1-3,9,11H2,(H,19,20). The molecule has 0 radical (unpaired) electrons. The van der Waals surface area contributed by atoms with E-state index in [9.17, 15) is 4.79 Å². The highest BCUT2D eigenvalue weighted by atomic mass is 16.7. The summed E-state index contributed by atoms with van der Waals surface area (Å²) in [6.45, 7) is 0.238. The van der Waals surface area contributed by atoms with E-state index in [4.69, 9.17) is 9.47 Å². The number of anilines is 1. The van der Waals surface area contributed by atoms with Gasteiger partial charge in [0.1, 0.15) is 0 Å². The number of aryl methyl sites for hydroxylation is 2. The van der Waals surface area contributed by atoms with Crippen molar-refractivity contribution in [2.24, 2.45) is 0 Å². The van der Waals surface area contributed by atoms with Gasteiger partial charge in [-0.15, -0.1) is 0 Å². The number of fused-ring (bicyclic) bond motifs is 2. The zero-order valence-electron chi connectivity index (χ0n) is 12.2. The van der Waals surface area contributed by atoms with Crippen LogP contribution in [0.3, 0.4) is 0 Å². The van der Waals surface area contributed by atoms with Gasteiger partial charge in [-0.1, -0.05) is 18.2 Å². The van der Waals surface area contributed by atoms with Crippen LogP contribution < -0.4 is 14.8 Å². The van der Waals surface area contributed by atoms with Crippen molar-refractivity contribution < 1.29 is 14.3 Å². The first-order chi connectivity index (χ1) is 10.8. The number of ether oxygens (including phenoxy) is 2. The van der Waals surface area contributed by atoms with Crippen molar-refractivity contribution in [3.8, 4) is 11.5 Å². The lowest BCUT2D eigenvalue weighted by atomic mass is 10.0. The molecule has 0 atom stereocenters. The predicted molar refractivity (Wildman–Crippen MR) is 83.4 cm³/mol. The molecule has 4 heteroatoms. The SMILES string of the molecule is O=C(Cc1ccc2c(c1)CCC2)Nc1ccc2c(c1)OCO2. The van der Waals surface area contributed by atoms with E-state index in [2.05, 4.69) is 23.5 Å². The Kier molecular flexibility index (Phi) is 3.22. The molecule has 112 valence electrons. The fourth-order valence-electron chi connectivity index (χ4n) is 3.10. The molecule has 2 aliphatic rings. The molecule has 22 heavy (non-hydrogen) atoms. The van der Waals surface area contributed by atoms with Crippen molar-refractivity contribution in [3.05, 3.63) is 53.1 Å². The third-order valence-electron chi connectivity index (χ3n) is 4.18. The van der Waals surface area contributed by atoms with Crippen LogP contribution in [0.4, 0.5) is 5.69 Å². The second-order valence-electron chi connectivity index (χ2n) is 5.75. The Morgan fingerprint density at radius 2 is 1.86 bits per heavy atom. The molecule has 0 saturated heterocycles. The van der Waals surface area contributed by atoms with E-state index in [0.29, 0.717) is 12.2 Å². The van der Waals surface area contributed by atoms with Crippen molar-refractivity contribution in [2.45, 2.75) is 25.7 Å². The minimum Gasteiger partial charge on any atom is -0.454 e. The third-order valence-corrected chi connectivity index (χ3v) is 4.18. The van der Waals surface area contributed by atoms with Gasteiger partial charge in [0.15, 0.2) is 11.5 Å². The Morgan fingerprint density at radius 1 is 1.00 bits per heavy atom. The van der Waals surface area contributed by atoms with Gasteiger partial charge in [0.25, 0.3) is 0 Å². The Labute approximate surface area is 129 Å². The van der Waals surface area contributed by atoms with Crippen molar-refractivity contribution in [1.29, 1.82) is 0 Å². The molecule has 1 N–H and O–H groups in total. The molecule has 0 saturated carbocycles. The van der Waals surface area contributed by atoms with Crippen molar-refractivity contribution in [2.75, 3.05) is 12.1 Å². The van der Waals surface area contributed by atoms with Gasteiger partial charge in [0.2, 0.25) is 12.7 Å². The summed E-state index contributed by atoms with van der Waals surface area (Å²) in [6, 6.07) is 11.8. The summed E-state index contributed by atoms with van der Waals surface area (Å²) in [7, 11) is 0. The first-order valence-corrected chi connectivity index (χ1v) is 7.58. The number of carbonyl (C=O) groups is 1. The van der Waals surface area contributed by atoms with Gasteiger partial charge in [0, 0.05) is 11.8 Å². The molecule has 1 amide bonds. The van der Waals surface area contributed by atoms with Gasteiger partial charge in [-0.3, -0.25) is 4.79 Å². The van der Waals surface area contributed by atoms with E-state index in [1.54, 1.807) is 6.07 Å². The molecular formula is C18H17NO3. The van der Waals surface area contributed by atoms with Crippen LogP contribution in [0.2, 0.25) is 0 Å². The van der Waals surface area contributed by atoms with Crippen molar-refractivity contribution >= 4 is 11.6 Å².